The number of thiophene rings is 1. The maximum atomic E-state index is 12.2. The predicted molar refractivity (Wildman–Crippen MR) is 77.2 cm³/mol. The smallest absolute Gasteiger partial charge is 0.341 e. The SMILES string of the molecule is CCOC(=O)c1cc(C)sc1NC(=O)C1CCCOC1. The summed E-state index contributed by atoms with van der Waals surface area (Å²) >= 11 is 1.39. The second-order valence-corrected chi connectivity index (χ2v) is 5.98. The van der Waals surface area contributed by atoms with Gasteiger partial charge in [0.15, 0.2) is 0 Å². The van der Waals surface area contributed by atoms with E-state index in [1.54, 1.807) is 13.0 Å². The number of carbonyl (C=O) groups is 2. The van der Waals surface area contributed by atoms with Crippen LogP contribution in [0.4, 0.5) is 5.00 Å². The molecule has 0 radical (unpaired) electrons. The number of carbonyl (C=O) groups excluding carboxylic acids is 2. The molecule has 2 rings (SSSR count). The largest absolute Gasteiger partial charge is 0.462 e. The minimum absolute atomic E-state index is 0.0860. The number of nitrogens with one attached hydrogen (secondary N) is 1. The number of rotatable bonds is 4. The molecule has 0 bridgehead atoms. The van der Waals surface area contributed by atoms with Crippen LogP contribution in [0.3, 0.4) is 0 Å². The first kappa shape index (κ1) is 15.0. The molecule has 1 aliphatic rings. The fourth-order valence-corrected chi connectivity index (χ4v) is 3.03. The zero-order valence-corrected chi connectivity index (χ0v) is 12.5. The Kier molecular flexibility index (Phi) is 5.14. The van der Waals surface area contributed by atoms with Crippen LogP contribution in [-0.4, -0.2) is 31.7 Å². The van der Waals surface area contributed by atoms with E-state index >= 15 is 0 Å². The summed E-state index contributed by atoms with van der Waals surface area (Å²) in [5, 5.41) is 3.41. The van der Waals surface area contributed by atoms with Crippen LogP contribution < -0.4 is 5.32 Å². The van der Waals surface area contributed by atoms with Crippen molar-refractivity contribution in [2.75, 3.05) is 25.1 Å². The fourth-order valence-electron chi connectivity index (χ4n) is 2.13. The Balaban J connectivity index is 2.08. The molecule has 6 heteroatoms. The average molecular weight is 297 g/mol. The Bertz CT molecular complexity index is 491. The molecule has 1 aromatic heterocycles. The Labute approximate surface area is 122 Å². The summed E-state index contributed by atoms with van der Waals surface area (Å²) in [6.07, 6.45) is 1.72. The summed E-state index contributed by atoms with van der Waals surface area (Å²) in [5.41, 5.74) is 0.430. The van der Waals surface area contributed by atoms with Crippen molar-refractivity contribution in [1.29, 1.82) is 0 Å². The third kappa shape index (κ3) is 3.58. The van der Waals surface area contributed by atoms with Gasteiger partial charge in [-0.15, -0.1) is 11.3 Å². The number of ether oxygens (including phenoxy) is 2. The van der Waals surface area contributed by atoms with E-state index in [2.05, 4.69) is 5.32 Å². The third-order valence-corrected chi connectivity index (χ3v) is 4.08. The van der Waals surface area contributed by atoms with Crippen LogP contribution in [-0.2, 0) is 14.3 Å². The first-order valence-corrected chi connectivity index (χ1v) is 7.59. The summed E-state index contributed by atoms with van der Waals surface area (Å²) in [6, 6.07) is 1.75. The molecule has 1 saturated heterocycles. The topological polar surface area (TPSA) is 64.6 Å². The van der Waals surface area contributed by atoms with Crippen molar-refractivity contribution >= 4 is 28.2 Å². The van der Waals surface area contributed by atoms with E-state index < -0.39 is 5.97 Å². The highest BCUT2D eigenvalue weighted by molar-refractivity contribution is 7.16. The van der Waals surface area contributed by atoms with E-state index in [4.69, 9.17) is 9.47 Å². The molecule has 0 aromatic carbocycles. The summed E-state index contributed by atoms with van der Waals surface area (Å²) < 4.78 is 10.3. The van der Waals surface area contributed by atoms with Gasteiger partial charge in [0, 0.05) is 11.5 Å². The molecule has 1 amide bonds. The molecule has 110 valence electrons. The van der Waals surface area contributed by atoms with Crippen molar-refractivity contribution in [3.05, 3.63) is 16.5 Å². The van der Waals surface area contributed by atoms with Gasteiger partial charge in [-0.25, -0.2) is 4.79 Å². The van der Waals surface area contributed by atoms with E-state index in [-0.39, 0.29) is 11.8 Å². The van der Waals surface area contributed by atoms with Gasteiger partial charge in [0.05, 0.1) is 24.7 Å². The van der Waals surface area contributed by atoms with Crippen LogP contribution in [0, 0.1) is 12.8 Å². The van der Waals surface area contributed by atoms with Crippen LogP contribution in [0.1, 0.15) is 35.0 Å². The molecule has 0 spiro atoms. The van der Waals surface area contributed by atoms with Crippen LogP contribution in [0.15, 0.2) is 6.07 Å². The van der Waals surface area contributed by atoms with Crippen molar-refractivity contribution in [1.82, 2.24) is 0 Å². The molecular formula is C14H19NO4S. The molecular weight excluding hydrogens is 278 g/mol. The van der Waals surface area contributed by atoms with Crippen molar-refractivity contribution < 1.29 is 19.1 Å². The summed E-state index contributed by atoms with van der Waals surface area (Å²) in [4.78, 5) is 25.0. The lowest BCUT2D eigenvalue weighted by Gasteiger charge is -2.21. The van der Waals surface area contributed by atoms with Gasteiger partial charge < -0.3 is 14.8 Å². The zero-order chi connectivity index (χ0) is 14.5. The first-order chi connectivity index (χ1) is 9.61. The van der Waals surface area contributed by atoms with E-state index in [1.807, 2.05) is 6.92 Å². The van der Waals surface area contributed by atoms with E-state index in [1.165, 1.54) is 11.3 Å². The molecule has 20 heavy (non-hydrogen) atoms. The monoisotopic (exact) mass is 297 g/mol. The molecule has 1 fully saturated rings. The van der Waals surface area contributed by atoms with Gasteiger partial charge in [-0.1, -0.05) is 0 Å². The van der Waals surface area contributed by atoms with Gasteiger partial charge in [-0.3, -0.25) is 4.79 Å². The molecule has 1 unspecified atom stereocenters. The van der Waals surface area contributed by atoms with Crippen molar-refractivity contribution in [2.45, 2.75) is 26.7 Å². The quantitative estimate of drug-likeness (QED) is 0.868. The first-order valence-electron chi connectivity index (χ1n) is 6.78. The molecule has 0 saturated carbocycles. The summed E-state index contributed by atoms with van der Waals surface area (Å²) in [7, 11) is 0. The van der Waals surface area contributed by atoms with E-state index in [0.717, 1.165) is 24.3 Å². The van der Waals surface area contributed by atoms with Gasteiger partial charge in [-0.2, -0.15) is 0 Å². The number of hydrogen-bond acceptors (Lipinski definition) is 5. The standard InChI is InChI=1S/C14H19NO4S/c1-3-19-14(17)11-7-9(2)20-13(11)15-12(16)10-5-4-6-18-8-10/h7,10H,3-6,8H2,1-2H3,(H,15,16). The second kappa shape index (κ2) is 6.85. The minimum Gasteiger partial charge on any atom is -0.462 e. The highest BCUT2D eigenvalue weighted by atomic mass is 32.1. The number of anilines is 1. The Hall–Kier alpha value is -1.40. The molecule has 1 atom stereocenters. The lowest BCUT2D eigenvalue weighted by Crippen LogP contribution is -2.30. The second-order valence-electron chi connectivity index (χ2n) is 4.72. The minimum atomic E-state index is -0.396. The van der Waals surface area contributed by atoms with Crippen molar-refractivity contribution in [2.24, 2.45) is 5.92 Å². The van der Waals surface area contributed by atoms with E-state index in [9.17, 15) is 9.59 Å². The number of esters is 1. The molecule has 0 aliphatic carbocycles. The highest BCUT2D eigenvalue weighted by Crippen LogP contribution is 2.29. The Morgan fingerprint density at radius 2 is 2.35 bits per heavy atom. The third-order valence-electron chi connectivity index (χ3n) is 3.12. The van der Waals surface area contributed by atoms with Crippen LogP contribution in [0.2, 0.25) is 0 Å². The van der Waals surface area contributed by atoms with Gasteiger partial charge in [0.2, 0.25) is 5.91 Å². The predicted octanol–water partition coefficient (Wildman–Crippen LogP) is 2.60. The number of amides is 1. The maximum Gasteiger partial charge on any atom is 0.341 e. The summed E-state index contributed by atoms with van der Waals surface area (Å²) in [5.74, 6) is -0.620. The van der Waals surface area contributed by atoms with Gasteiger partial charge in [0.25, 0.3) is 0 Å². The molecule has 5 nitrogen and oxygen atoms in total. The molecule has 1 N–H and O–H groups in total. The Morgan fingerprint density at radius 3 is 3.00 bits per heavy atom. The normalized spacial score (nSPS) is 18.6. The van der Waals surface area contributed by atoms with E-state index in [0.29, 0.717) is 23.8 Å². The van der Waals surface area contributed by atoms with Crippen molar-refractivity contribution in [3.63, 3.8) is 0 Å². The van der Waals surface area contributed by atoms with Crippen LogP contribution >= 0.6 is 11.3 Å². The van der Waals surface area contributed by atoms with Gasteiger partial charge >= 0.3 is 5.97 Å². The zero-order valence-electron chi connectivity index (χ0n) is 11.7. The number of hydrogen-bond donors (Lipinski definition) is 1. The maximum absolute atomic E-state index is 12.2. The highest BCUT2D eigenvalue weighted by Gasteiger charge is 2.24. The van der Waals surface area contributed by atoms with Crippen LogP contribution in [0.25, 0.3) is 0 Å². The lowest BCUT2D eigenvalue weighted by molar-refractivity contribution is -0.123. The van der Waals surface area contributed by atoms with Gasteiger partial charge in [0.1, 0.15) is 5.00 Å². The summed E-state index contributed by atoms with van der Waals surface area (Å²) in [6.45, 7) is 5.14. The number of aryl methyl sites for hydroxylation is 1. The fraction of sp³-hybridized carbons (Fsp3) is 0.571. The lowest BCUT2D eigenvalue weighted by atomic mass is 10.0. The molecule has 1 aromatic rings. The molecule has 1 aliphatic heterocycles. The molecule has 2 heterocycles. The van der Waals surface area contributed by atoms with Gasteiger partial charge in [-0.05, 0) is 32.8 Å². The average Bonchev–Trinajstić information content (AvgIpc) is 2.81. The van der Waals surface area contributed by atoms with Crippen molar-refractivity contribution in [3.8, 4) is 0 Å². The Morgan fingerprint density at radius 1 is 1.55 bits per heavy atom. The van der Waals surface area contributed by atoms with Crippen LogP contribution in [0.5, 0.6) is 0 Å².